The van der Waals surface area contributed by atoms with E-state index in [1.807, 2.05) is 26.0 Å². The number of sulfonamides is 1. The summed E-state index contributed by atoms with van der Waals surface area (Å²) in [4.78, 5) is 27.9. The van der Waals surface area contributed by atoms with Crippen molar-refractivity contribution in [3.05, 3.63) is 64.7 Å². The number of hydrogen-bond acceptors (Lipinski definition) is 5. The summed E-state index contributed by atoms with van der Waals surface area (Å²) in [7, 11) is -3.53. The van der Waals surface area contributed by atoms with E-state index in [1.54, 1.807) is 43.0 Å². The van der Waals surface area contributed by atoms with Crippen molar-refractivity contribution in [1.82, 2.24) is 14.9 Å². The lowest BCUT2D eigenvalue weighted by Gasteiger charge is -2.29. The summed E-state index contributed by atoms with van der Waals surface area (Å²) >= 11 is 6.00. The Hall–Kier alpha value is -2.46. The van der Waals surface area contributed by atoms with E-state index in [-0.39, 0.29) is 35.8 Å². The zero-order valence-electron chi connectivity index (χ0n) is 22.0. The van der Waals surface area contributed by atoms with Crippen LogP contribution in [0.15, 0.2) is 53.4 Å². The van der Waals surface area contributed by atoms with E-state index >= 15 is 0 Å². The Bertz CT molecular complexity index is 1110. The molecule has 0 aliphatic heterocycles. The van der Waals surface area contributed by atoms with Gasteiger partial charge in [-0.15, -0.1) is 0 Å². The maximum Gasteiger partial charge on any atom is 0.242 e. The van der Waals surface area contributed by atoms with Crippen LogP contribution in [0.5, 0.6) is 0 Å². The third kappa shape index (κ3) is 10.4. The van der Waals surface area contributed by atoms with Gasteiger partial charge in [0.1, 0.15) is 6.04 Å². The molecule has 1 atom stereocenters. The molecule has 2 aromatic carbocycles. The van der Waals surface area contributed by atoms with Crippen LogP contribution in [0, 0.1) is 0 Å². The highest BCUT2D eigenvalue weighted by molar-refractivity contribution is 7.89. The van der Waals surface area contributed by atoms with Gasteiger partial charge in [-0.1, -0.05) is 42.8 Å². The molecule has 0 spiro atoms. The fourth-order valence-electron chi connectivity index (χ4n) is 3.62. The topological polar surface area (TPSA) is 105 Å². The summed E-state index contributed by atoms with van der Waals surface area (Å²) in [5.41, 5.74) is 1.69. The Balaban J connectivity index is 2.06. The number of hydrogen-bond donors (Lipinski definition) is 2. The van der Waals surface area contributed by atoms with Crippen LogP contribution in [0.25, 0.3) is 0 Å². The van der Waals surface area contributed by atoms with Crippen molar-refractivity contribution in [1.29, 1.82) is 0 Å². The number of halogens is 1. The van der Waals surface area contributed by atoms with Gasteiger partial charge in [-0.3, -0.25) is 9.59 Å². The van der Waals surface area contributed by atoms with Crippen LogP contribution in [0.2, 0.25) is 5.02 Å². The molecule has 1 unspecified atom stereocenters. The molecule has 0 saturated carbocycles. The molecule has 204 valence electrons. The van der Waals surface area contributed by atoms with E-state index in [0.717, 1.165) is 11.1 Å². The minimum absolute atomic E-state index is 0.135. The zero-order chi connectivity index (χ0) is 27.4. The lowest BCUT2D eigenvalue weighted by molar-refractivity contribution is -0.140. The average Bonchev–Trinajstić information content (AvgIpc) is 2.86. The van der Waals surface area contributed by atoms with Gasteiger partial charge in [0.2, 0.25) is 21.8 Å². The largest absolute Gasteiger partial charge is 0.379 e. The highest BCUT2D eigenvalue weighted by Crippen LogP contribution is 2.17. The molecule has 10 heteroatoms. The Morgan fingerprint density at radius 2 is 1.62 bits per heavy atom. The standard InChI is InChI=1S/C27H38ClN3O5S/c1-5-30-37(34,35)25-14-9-22(10-15-25)11-16-26(32)31(19-23-7-12-24(28)13-8-23)21(4)27(33)29-17-6-18-36-20(2)3/h7-10,12-15,20-21,30H,5-6,11,16-19H2,1-4H3,(H,29,33). The first kappa shape index (κ1) is 30.8. The van der Waals surface area contributed by atoms with Gasteiger partial charge >= 0.3 is 0 Å². The number of aryl methyl sites for hydroxylation is 1. The molecule has 0 fully saturated rings. The maximum atomic E-state index is 13.3. The molecule has 0 heterocycles. The molecule has 0 aliphatic carbocycles. The molecule has 2 amide bonds. The molecule has 0 aromatic heterocycles. The Morgan fingerprint density at radius 1 is 1.00 bits per heavy atom. The quantitative estimate of drug-likeness (QED) is 0.326. The number of nitrogens with zero attached hydrogens (tertiary/aromatic N) is 1. The summed E-state index contributed by atoms with van der Waals surface area (Å²) in [6.07, 6.45) is 1.41. The van der Waals surface area contributed by atoms with Crippen LogP contribution in [0.3, 0.4) is 0 Å². The second-order valence-electron chi connectivity index (χ2n) is 9.03. The molecule has 0 aliphatic rings. The monoisotopic (exact) mass is 551 g/mol. The van der Waals surface area contributed by atoms with Crippen molar-refractivity contribution < 1.29 is 22.7 Å². The van der Waals surface area contributed by atoms with Crippen LogP contribution in [-0.4, -0.2) is 57.0 Å². The van der Waals surface area contributed by atoms with Crippen molar-refractivity contribution in [2.45, 2.75) is 70.5 Å². The molecule has 2 aromatic rings. The Kier molecular flexibility index (Phi) is 12.5. The van der Waals surface area contributed by atoms with Crippen molar-refractivity contribution in [2.24, 2.45) is 0 Å². The first-order chi connectivity index (χ1) is 17.5. The van der Waals surface area contributed by atoms with Gasteiger partial charge in [0.05, 0.1) is 11.0 Å². The predicted molar refractivity (Wildman–Crippen MR) is 146 cm³/mol. The Labute approximate surface area is 225 Å². The molecular formula is C27H38ClN3O5S. The van der Waals surface area contributed by atoms with Gasteiger partial charge in [-0.2, -0.15) is 0 Å². The number of carbonyl (C=O) groups excluding carboxylic acids is 2. The SMILES string of the molecule is CCNS(=O)(=O)c1ccc(CCC(=O)N(Cc2ccc(Cl)cc2)C(C)C(=O)NCCCOC(C)C)cc1. The molecular weight excluding hydrogens is 514 g/mol. The second kappa shape index (κ2) is 15.1. The predicted octanol–water partition coefficient (Wildman–Crippen LogP) is 3.92. The van der Waals surface area contributed by atoms with E-state index in [4.69, 9.17) is 16.3 Å². The molecule has 37 heavy (non-hydrogen) atoms. The molecule has 2 rings (SSSR count). The number of carbonyl (C=O) groups is 2. The number of ether oxygens (including phenoxy) is 1. The van der Waals surface area contributed by atoms with Crippen molar-refractivity contribution in [2.75, 3.05) is 19.7 Å². The average molecular weight is 552 g/mol. The van der Waals surface area contributed by atoms with Gasteiger partial charge < -0.3 is 15.0 Å². The lowest BCUT2D eigenvalue weighted by atomic mass is 10.1. The van der Waals surface area contributed by atoms with Crippen molar-refractivity contribution in [3.63, 3.8) is 0 Å². The highest BCUT2D eigenvalue weighted by atomic mass is 35.5. The molecule has 0 bridgehead atoms. The number of nitrogens with one attached hydrogen (secondary N) is 2. The van der Waals surface area contributed by atoms with E-state index in [2.05, 4.69) is 10.0 Å². The maximum absolute atomic E-state index is 13.3. The van der Waals surface area contributed by atoms with Crippen molar-refractivity contribution >= 4 is 33.4 Å². The van der Waals surface area contributed by atoms with Crippen LogP contribution >= 0.6 is 11.6 Å². The minimum atomic E-state index is -3.53. The first-order valence-corrected chi connectivity index (χ1v) is 14.4. The van der Waals surface area contributed by atoms with Crippen molar-refractivity contribution in [3.8, 4) is 0 Å². The summed E-state index contributed by atoms with van der Waals surface area (Å²) in [5.74, 6) is -0.407. The fraction of sp³-hybridized carbons (Fsp3) is 0.481. The minimum Gasteiger partial charge on any atom is -0.379 e. The van der Waals surface area contributed by atoms with E-state index in [0.29, 0.717) is 37.6 Å². The third-order valence-electron chi connectivity index (χ3n) is 5.70. The zero-order valence-corrected chi connectivity index (χ0v) is 23.6. The normalized spacial score (nSPS) is 12.4. The number of amides is 2. The summed E-state index contributed by atoms with van der Waals surface area (Å²) in [6.45, 7) is 8.93. The molecule has 0 saturated heterocycles. The van der Waals surface area contributed by atoms with Gasteiger partial charge in [-0.25, -0.2) is 13.1 Å². The van der Waals surface area contributed by atoms with E-state index < -0.39 is 16.1 Å². The third-order valence-corrected chi connectivity index (χ3v) is 7.51. The summed E-state index contributed by atoms with van der Waals surface area (Å²) in [5, 5.41) is 3.49. The van der Waals surface area contributed by atoms with Crippen LogP contribution in [0.1, 0.15) is 51.7 Å². The van der Waals surface area contributed by atoms with Gasteiger partial charge in [-0.05, 0) is 69.0 Å². The van der Waals surface area contributed by atoms with Crippen LogP contribution in [-0.2, 0) is 37.3 Å². The number of rotatable bonds is 15. The molecule has 2 N–H and O–H groups in total. The van der Waals surface area contributed by atoms with Crippen LogP contribution < -0.4 is 10.0 Å². The molecule has 8 nitrogen and oxygen atoms in total. The first-order valence-electron chi connectivity index (χ1n) is 12.5. The summed E-state index contributed by atoms with van der Waals surface area (Å²) in [6, 6.07) is 13.0. The fourth-order valence-corrected chi connectivity index (χ4v) is 4.79. The molecule has 0 radical (unpaired) electrons. The summed E-state index contributed by atoms with van der Waals surface area (Å²) < 4.78 is 32.3. The highest BCUT2D eigenvalue weighted by Gasteiger charge is 2.26. The second-order valence-corrected chi connectivity index (χ2v) is 11.2. The van der Waals surface area contributed by atoms with E-state index in [9.17, 15) is 18.0 Å². The smallest absolute Gasteiger partial charge is 0.242 e. The Morgan fingerprint density at radius 3 is 2.22 bits per heavy atom. The number of benzene rings is 2. The van der Waals surface area contributed by atoms with Gasteiger partial charge in [0.25, 0.3) is 0 Å². The van der Waals surface area contributed by atoms with Gasteiger partial charge in [0, 0.05) is 37.7 Å². The van der Waals surface area contributed by atoms with Crippen LogP contribution in [0.4, 0.5) is 0 Å². The van der Waals surface area contributed by atoms with Gasteiger partial charge in [0.15, 0.2) is 0 Å². The lowest BCUT2D eigenvalue weighted by Crippen LogP contribution is -2.48. The van der Waals surface area contributed by atoms with E-state index in [1.165, 1.54) is 12.1 Å².